The van der Waals surface area contributed by atoms with E-state index in [1.165, 1.54) is 0 Å². The minimum Gasteiger partial charge on any atom is -0.295 e. The van der Waals surface area contributed by atoms with E-state index >= 15 is 0 Å². The Kier molecular flexibility index (Phi) is 4.38. The Labute approximate surface area is 82.2 Å². The van der Waals surface area contributed by atoms with Crippen LogP contribution < -0.4 is 0 Å². The lowest BCUT2D eigenvalue weighted by molar-refractivity contribution is -0.116. The molecule has 1 nitrogen and oxygen atoms in total. The summed E-state index contributed by atoms with van der Waals surface area (Å²) in [5.74, 6) is 0.693. The molecular formula is C12H22O. The van der Waals surface area contributed by atoms with Crippen molar-refractivity contribution < 1.29 is 4.79 Å². The second-order valence-electron chi connectivity index (χ2n) is 5.16. The Hall–Kier alpha value is -0.590. The Balaban J connectivity index is 4.16. The van der Waals surface area contributed by atoms with Gasteiger partial charge in [0.15, 0.2) is 5.78 Å². The fourth-order valence-corrected chi connectivity index (χ4v) is 0.989. The molecule has 0 saturated carbocycles. The van der Waals surface area contributed by atoms with Gasteiger partial charge in [-0.25, -0.2) is 0 Å². The molecule has 1 atom stereocenters. The van der Waals surface area contributed by atoms with E-state index < -0.39 is 0 Å². The van der Waals surface area contributed by atoms with Gasteiger partial charge in [-0.2, -0.15) is 0 Å². The van der Waals surface area contributed by atoms with E-state index in [9.17, 15) is 4.79 Å². The van der Waals surface area contributed by atoms with E-state index in [1.807, 2.05) is 13.8 Å². The molecule has 1 unspecified atom stereocenters. The number of allylic oxidation sites excluding steroid dienone is 2. The van der Waals surface area contributed by atoms with Crippen LogP contribution in [0.3, 0.4) is 0 Å². The monoisotopic (exact) mass is 182 g/mol. The third-order valence-corrected chi connectivity index (χ3v) is 2.44. The second kappa shape index (κ2) is 4.59. The molecule has 0 aromatic carbocycles. The summed E-state index contributed by atoms with van der Waals surface area (Å²) in [6.07, 6.45) is 2.40. The van der Waals surface area contributed by atoms with Crippen LogP contribution in [0.1, 0.15) is 48.0 Å². The smallest absolute Gasteiger partial charge is 0.155 e. The van der Waals surface area contributed by atoms with Gasteiger partial charge < -0.3 is 0 Å². The van der Waals surface area contributed by atoms with E-state index in [-0.39, 0.29) is 11.2 Å². The summed E-state index contributed by atoms with van der Waals surface area (Å²) >= 11 is 0. The molecule has 13 heavy (non-hydrogen) atoms. The molecule has 76 valence electrons. The SMILES string of the molecule is CC(C)=CC(=O)CC(C)C(C)(C)C. The zero-order valence-electron chi connectivity index (χ0n) is 9.77. The second-order valence-corrected chi connectivity index (χ2v) is 5.16. The number of ketones is 1. The van der Waals surface area contributed by atoms with Gasteiger partial charge in [-0.3, -0.25) is 4.79 Å². The highest BCUT2D eigenvalue weighted by molar-refractivity contribution is 5.90. The predicted molar refractivity (Wildman–Crippen MR) is 57.7 cm³/mol. The lowest BCUT2D eigenvalue weighted by atomic mass is 9.79. The first-order valence-electron chi connectivity index (χ1n) is 4.91. The molecule has 0 aromatic rings. The molecule has 0 aliphatic carbocycles. The first-order chi connectivity index (χ1) is 5.73. The molecule has 0 spiro atoms. The van der Waals surface area contributed by atoms with Crippen LogP contribution in [0.15, 0.2) is 11.6 Å². The summed E-state index contributed by atoms with van der Waals surface area (Å²) in [6.45, 7) is 12.6. The topological polar surface area (TPSA) is 17.1 Å². The molecule has 0 rings (SSSR count). The van der Waals surface area contributed by atoms with E-state index in [0.717, 1.165) is 5.57 Å². The van der Waals surface area contributed by atoms with Gasteiger partial charge in [-0.05, 0) is 31.3 Å². The zero-order chi connectivity index (χ0) is 10.6. The molecule has 0 heterocycles. The highest BCUT2D eigenvalue weighted by atomic mass is 16.1. The van der Waals surface area contributed by atoms with Crippen LogP contribution in [0, 0.1) is 11.3 Å². The van der Waals surface area contributed by atoms with Crippen molar-refractivity contribution in [1.29, 1.82) is 0 Å². The van der Waals surface area contributed by atoms with Crippen LogP contribution in [0.2, 0.25) is 0 Å². The number of carbonyl (C=O) groups excluding carboxylic acids is 1. The van der Waals surface area contributed by atoms with E-state index in [4.69, 9.17) is 0 Å². The number of rotatable bonds is 3. The van der Waals surface area contributed by atoms with Crippen LogP contribution in [0.25, 0.3) is 0 Å². The Bertz CT molecular complexity index is 202. The molecule has 0 aliphatic heterocycles. The molecule has 0 amide bonds. The number of hydrogen-bond acceptors (Lipinski definition) is 1. The standard InChI is InChI=1S/C12H22O/c1-9(2)7-11(13)8-10(3)12(4,5)6/h7,10H,8H2,1-6H3. The first kappa shape index (κ1) is 12.4. The van der Waals surface area contributed by atoms with Crippen LogP contribution >= 0.6 is 0 Å². The normalized spacial score (nSPS) is 13.7. The van der Waals surface area contributed by atoms with Crippen molar-refractivity contribution in [3.8, 4) is 0 Å². The van der Waals surface area contributed by atoms with Crippen molar-refractivity contribution in [1.82, 2.24) is 0 Å². The summed E-state index contributed by atoms with van der Waals surface area (Å²) in [7, 11) is 0. The summed E-state index contributed by atoms with van der Waals surface area (Å²) in [6, 6.07) is 0. The van der Waals surface area contributed by atoms with Crippen molar-refractivity contribution in [3.63, 3.8) is 0 Å². The maximum atomic E-state index is 11.4. The lowest BCUT2D eigenvalue weighted by Gasteiger charge is -2.26. The van der Waals surface area contributed by atoms with Crippen molar-refractivity contribution >= 4 is 5.78 Å². The Morgan fingerprint density at radius 3 is 2.08 bits per heavy atom. The maximum Gasteiger partial charge on any atom is 0.155 e. The van der Waals surface area contributed by atoms with Crippen LogP contribution in [0.4, 0.5) is 0 Å². The summed E-state index contributed by atoms with van der Waals surface area (Å²) in [4.78, 5) is 11.4. The van der Waals surface area contributed by atoms with Crippen molar-refractivity contribution in [2.24, 2.45) is 11.3 Å². The fourth-order valence-electron chi connectivity index (χ4n) is 0.989. The van der Waals surface area contributed by atoms with Crippen molar-refractivity contribution in [2.75, 3.05) is 0 Å². The fraction of sp³-hybridized carbons (Fsp3) is 0.750. The Morgan fingerprint density at radius 1 is 1.31 bits per heavy atom. The third-order valence-electron chi connectivity index (χ3n) is 2.44. The highest BCUT2D eigenvalue weighted by Crippen LogP contribution is 2.28. The minimum atomic E-state index is 0.227. The molecule has 0 radical (unpaired) electrons. The number of carbonyl (C=O) groups is 1. The first-order valence-corrected chi connectivity index (χ1v) is 4.91. The maximum absolute atomic E-state index is 11.4. The molecule has 0 saturated heterocycles. The van der Waals surface area contributed by atoms with E-state index in [0.29, 0.717) is 12.3 Å². The number of hydrogen-bond donors (Lipinski definition) is 0. The molecule has 0 aromatic heterocycles. The van der Waals surface area contributed by atoms with Gasteiger partial charge in [0.25, 0.3) is 0 Å². The molecule has 0 fully saturated rings. The average Bonchev–Trinajstić information content (AvgIpc) is 1.82. The van der Waals surface area contributed by atoms with Gasteiger partial charge in [0.1, 0.15) is 0 Å². The molecule has 0 N–H and O–H groups in total. The molecule has 0 aliphatic rings. The Morgan fingerprint density at radius 2 is 1.77 bits per heavy atom. The largest absolute Gasteiger partial charge is 0.295 e. The van der Waals surface area contributed by atoms with Crippen LogP contribution in [-0.2, 0) is 4.79 Å². The highest BCUT2D eigenvalue weighted by Gasteiger charge is 2.21. The third kappa shape index (κ3) is 5.62. The molecular weight excluding hydrogens is 160 g/mol. The average molecular weight is 182 g/mol. The summed E-state index contributed by atoms with van der Waals surface area (Å²) < 4.78 is 0. The summed E-state index contributed by atoms with van der Waals surface area (Å²) in [5, 5.41) is 0. The molecule has 1 heteroatoms. The van der Waals surface area contributed by atoms with Gasteiger partial charge in [-0.1, -0.05) is 33.3 Å². The zero-order valence-corrected chi connectivity index (χ0v) is 9.77. The van der Waals surface area contributed by atoms with Crippen molar-refractivity contribution in [2.45, 2.75) is 48.0 Å². The van der Waals surface area contributed by atoms with Gasteiger partial charge in [0.2, 0.25) is 0 Å². The molecule has 0 bridgehead atoms. The van der Waals surface area contributed by atoms with Crippen LogP contribution in [-0.4, -0.2) is 5.78 Å². The van der Waals surface area contributed by atoms with Crippen LogP contribution in [0.5, 0.6) is 0 Å². The van der Waals surface area contributed by atoms with Crippen molar-refractivity contribution in [3.05, 3.63) is 11.6 Å². The predicted octanol–water partition coefficient (Wildman–Crippen LogP) is 3.59. The summed E-state index contributed by atoms with van der Waals surface area (Å²) in [5.41, 5.74) is 1.32. The van der Waals surface area contributed by atoms with Gasteiger partial charge in [0, 0.05) is 6.42 Å². The van der Waals surface area contributed by atoms with E-state index in [1.54, 1.807) is 6.08 Å². The van der Waals surface area contributed by atoms with Gasteiger partial charge in [0.05, 0.1) is 0 Å². The van der Waals surface area contributed by atoms with Gasteiger partial charge >= 0.3 is 0 Å². The van der Waals surface area contributed by atoms with E-state index in [2.05, 4.69) is 27.7 Å². The quantitative estimate of drug-likeness (QED) is 0.609. The minimum absolute atomic E-state index is 0.227. The lowest BCUT2D eigenvalue weighted by Crippen LogP contribution is -2.19. The van der Waals surface area contributed by atoms with Gasteiger partial charge in [-0.15, -0.1) is 0 Å².